The summed E-state index contributed by atoms with van der Waals surface area (Å²) in [6.45, 7) is 1.88. The second-order valence-corrected chi connectivity index (χ2v) is 6.32. The zero-order valence-corrected chi connectivity index (χ0v) is 14.6. The van der Waals surface area contributed by atoms with Crippen LogP contribution < -0.4 is 10.6 Å². The highest BCUT2D eigenvalue weighted by molar-refractivity contribution is 6.30. The minimum atomic E-state index is -0.300. The molecule has 0 saturated heterocycles. The van der Waals surface area contributed by atoms with Crippen LogP contribution in [0.2, 0.25) is 5.02 Å². The van der Waals surface area contributed by atoms with Crippen LogP contribution in [0.4, 0.5) is 5.69 Å². The molecule has 3 N–H and O–H groups in total. The maximum Gasteiger partial charge on any atom is 0.282 e. The predicted octanol–water partition coefficient (Wildman–Crippen LogP) is 3.61. The van der Waals surface area contributed by atoms with E-state index in [-0.39, 0.29) is 18.0 Å². The fraction of sp³-hybridized carbons (Fsp3) is 0.150. The molecule has 0 saturated carbocycles. The fourth-order valence-corrected chi connectivity index (χ4v) is 2.79. The molecule has 0 aliphatic carbocycles. The summed E-state index contributed by atoms with van der Waals surface area (Å²) >= 11 is 5.88. The van der Waals surface area contributed by atoms with Crippen LogP contribution in [0.5, 0.6) is 0 Å². The second-order valence-electron chi connectivity index (χ2n) is 5.88. The Bertz CT molecular complexity index is 801. The lowest BCUT2D eigenvalue weighted by Crippen LogP contribution is -2.92. The number of hydrogen-bond acceptors (Lipinski definition) is 2. The zero-order chi connectivity index (χ0) is 17.6. The van der Waals surface area contributed by atoms with E-state index < -0.39 is 0 Å². The van der Waals surface area contributed by atoms with E-state index in [1.807, 2.05) is 54.7 Å². The van der Waals surface area contributed by atoms with Gasteiger partial charge in [-0.25, -0.2) is 0 Å². The van der Waals surface area contributed by atoms with Gasteiger partial charge in [0.15, 0.2) is 17.8 Å². The predicted molar refractivity (Wildman–Crippen MR) is 98.5 cm³/mol. The van der Waals surface area contributed by atoms with Gasteiger partial charge in [0.25, 0.3) is 5.91 Å². The molecule has 0 aliphatic rings. The zero-order valence-electron chi connectivity index (χ0n) is 13.9. The summed E-state index contributed by atoms with van der Waals surface area (Å²) in [7, 11) is 0. The molecule has 0 aliphatic heterocycles. The van der Waals surface area contributed by atoms with E-state index in [0.717, 1.165) is 17.0 Å². The lowest BCUT2D eigenvalue weighted by atomic mass is 10.0. The molecule has 128 valence electrons. The molecule has 1 aromatic heterocycles. The van der Waals surface area contributed by atoms with Gasteiger partial charge in [0, 0.05) is 16.3 Å². The monoisotopic (exact) mass is 355 g/mol. The number of quaternary nitrogens is 1. The molecule has 0 fully saturated rings. The Balaban J connectivity index is 1.72. The molecule has 0 spiro atoms. The van der Waals surface area contributed by atoms with Crippen molar-refractivity contribution in [2.75, 3.05) is 5.32 Å². The summed E-state index contributed by atoms with van der Waals surface area (Å²) < 4.78 is 5.58. The van der Waals surface area contributed by atoms with Crippen LogP contribution in [0.25, 0.3) is 0 Å². The summed E-state index contributed by atoms with van der Waals surface area (Å²) in [5.41, 5.74) is 1.81. The summed E-state index contributed by atoms with van der Waals surface area (Å²) in [6, 6.07) is 20.5. The van der Waals surface area contributed by atoms with Crippen LogP contribution in [0.15, 0.2) is 77.4 Å². The number of furan rings is 1. The maximum atomic E-state index is 12.5. The summed E-state index contributed by atoms with van der Waals surface area (Å²) in [5, 5.41) is 5.55. The molecule has 5 heteroatoms. The van der Waals surface area contributed by atoms with Gasteiger partial charge in [-0.2, -0.15) is 0 Å². The lowest BCUT2D eigenvalue weighted by molar-refractivity contribution is -0.706. The molecule has 3 aromatic rings. The van der Waals surface area contributed by atoms with E-state index >= 15 is 0 Å². The van der Waals surface area contributed by atoms with Gasteiger partial charge in [0.05, 0.1) is 6.26 Å². The number of benzene rings is 2. The van der Waals surface area contributed by atoms with Crippen LogP contribution in [0.1, 0.15) is 24.3 Å². The van der Waals surface area contributed by atoms with Crippen LogP contribution >= 0.6 is 11.6 Å². The van der Waals surface area contributed by atoms with E-state index in [1.54, 1.807) is 30.5 Å². The Labute approximate surface area is 151 Å². The Morgan fingerprint density at radius 3 is 2.40 bits per heavy atom. The maximum absolute atomic E-state index is 12.5. The van der Waals surface area contributed by atoms with Gasteiger partial charge in [-0.15, -0.1) is 0 Å². The van der Waals surface area contributed by atoms with Gasteiger partial charge in [-0.05, 0) is 43.3 Å². The van der Waals surface area contributed by atoms with Crippen molar-refractivity contribution in [2.24, 2.45) is 0 Å². The minimum absolute atomic E-state index is 0.0743. The van der Waals surface area contributed by atoms with Crippen LogP contribution in [-0.4, -0.2) is 11.9 Å². The molecule has 0 radical (unpaired) electrons. The average Bonchev–Trinajstić information content (AvgIpc) is 3.16. The third-order valence-corrected chi connectivity index (χ3v) is 4.27. The SMILES string of the molecule is C[C@H]([NH2+][C@H](c1ccccc1)c1ccco1)C(=O)Nc1ccc(Cl)cc1. The quantitative estimate of drug-likeness (QED) is 0.709. The molecule has 1 heterocycles. The molecule has 4 nitrogen and oxygen atoms in total. The van der Waals surface area contributed by atoms with Crippen molar-refractivity contribution in [1.29, 1.82) is 0 Å². The number of carbonyl (C=O) groups excluding carboxylic acids is 1. The first-order valence-electron chi connectivity index (χ1n) is 8.13. The lowest BCUT2D eigenvalue weighted by Gasteiger charge is -2.18. The summed E-state index contributed by atoms with van der Waals surface area (Å²) in [4.78, 5) is 12.5. The Morgan fingerprint density at radius 1 is 1.04 bits per heavy atom. The largest absolute Gasteiger partial charge is 0.463 e. The number of hydrogen-bond donors (Lipinski definition) is 2. The van der Waals surface area contributed by atoms with Crippen molar-refractivity contribution in [3.63, 3.8) is 0 Å². The van der Waals surface area contributed by atoms with E-state index in [1.165, 1.54) is 0 Å². The van der Waals surface area contributed by atoms with Gasteiger partial charge in [-0.3, -0.25) is 4.79 Å². The first-order chi connectivity index (χ1) is 12.1. The van der Waals surface area contributed by atoms with Crippen molar-refractivity contribution in [1.82, 2.24) is 0 Å². The topological polar surface area (TPSA) is 58.9 Å². The van der Waals surface area contributed by atoms with E-state index in [0.29, 0.717) is 5.02 Å². The minimum Gasteiger partial charge on any atom is -0.463 e. The average molecular weight is 356 g/mol. The van der Waals surface area contributed by atoms with Gasteiger partial charge in [-0.1, -0.05) is 41.9 Å². The van der Waals surface area contributed by atoms with Crippen LogP contribution in [0.3, 0.4) is 0 Å². The normalized spacial score (nSPS) is 13.2. The molecule has 3 rings (SSSR count). The molecular weight excluding hydrogens is 336 g/mol. The molecule has 25 heavy (non-hydrogen) atoms. The molecule has 0 unspecified atom stereocenters. The van der Waals surface area contributed by atoms with Crippen LogP contribution in [0, 0.1) is 0 Å². The molecule has 0 bridgehead atoms. The van der Waals surface area contributed by atoms with Gasteiger partial charge < -0.3 is 15.1 Å². The number of nitrogens with one attached hydrogen (secondary N) is 1. The number of carbonyl (C=O) groups is 1. The van der Waals surface area contributed by atoms with Crippen molar-refractivity contribution in [2.45, 2.75) is 19.0 Å². The number of amides is 1. The highest BCUT2D eigenvalue weighted by Crippen LogP contribution is 2.19. The Morgan fingerprint density at radius 2 is 1.76 bits per heavy atom. The first kappa shape index (κ1) is 17.3. The van der Waals surface area contributed by atoms with Gasteiger partial charge >= 0.3 is 0 Å². The van der Waals surface area contributed by atoms with Crippen molar-refractivity contribution < 1.29 is 14.5 Å². The number of nitrogens with two attached hydrogens (primary N) is 1. The molecule has 2 aromatic carbocycles. The van der Waals surface area contributed by atoms with E-state index in [4.69, 9.17) is 16.0 Å². The van der Waals surface area contributed by atoms with Gasteiger partial charge in [0.2, 0.25) is 0 Å². The number of halogens is 1. The molecule has 1 amide bonds. The standard InChI is InChI=1S/C20H19ClN2O2/c1-14(20(24)23-17-11-9-16(21)10-12-17)22-19(18-8-5-13-25-18)15-6-3-2-4-7-15/h2-14,19,22H,1H3,(H,23,24)/p+1/t14-,19+/m0/s1. The smallest absolute Gasteiger partial charge is 0.282 e. The number of anilines is 1. The molecule has 2 atom stereocenters. The van der Waals surface area contributed by atoms with Crippen LogP contribution in [-0.2, 0) is 4.79 Å². The van der Waals surface area contributed by atoms with Crippen molar-refractivity contribution >= 4 is 23.2 Å². The third kappa shape index (κ3) is 4.50. The second kappa shape index (κ2) is 8.01. The summed E-state index contributed by atoms with van der Waals surface area (Å²) in [6.07, 6.45) is 1.65. The fourth-order valence-electron chi connectivity index (χ4n) is 2.66. The summed E-state index contributed by atoms with van der Waals surface area (Å²) in [5.74, 6) is 0.743. The molecular formula is C20H20ClN2O2+. The first-order valence-corrected chi connectivity index (χ1v) is 8.51. The Kier molecular flexibility index (Phi) is 5.53. The Hall–Kier alpha value is -2.56. The van der Waals surface area contributed by atoms with Crippen molar-refractivity contribution in [3.05, 3.63) is 89.3 Å². The van der Waals surface area contributed by atoms with E-state index in [9.17, 15) is 4.79 Å². The van der Waals surface area contributed by atoms with Crippen molar-refractivity contribution in [3.8, 4) is 0 Å². The third-order valence-electron chi connectivity index (χ3n) is 4.01. The van der Waals surface area contributed by atoms with Gasteiger partial charge in [0.1, 0.15) is 0 Å². The highest BCUT2D eigenvalue weighted by atomic mass is 35.5. The highest BCUT2D eigenvalue weighted by Gasteiger charge is 2.26. The van der Waals surface area contributed by atoms with E-state index in [2.05, 4.69) is 5.32 Å². The number of rotatable bonds is 6.